The fourth-order valence-electron chi connectivity index (χ4n) is 4.75. The van der Waals surface area contributed by atoms with Crippen LogP contribution in [0.4, 0.5) is 10.5 Å². The smallest absolute Gasteiger partial charge is 0.408 e. The van der Waals surface area contributed by atoms with Gasteiger partial charge in [-0.15, -0.1) is 0 Å². The molecule has 0 aliphatic carbocycles. The first-order chi connectivity index (χ1) is 24.4. The lowest BCUT2D eigenvalue weighted by Gasteiger charge is -2.19. The summed E-state index contributed by atoms with van der Waals surface area (Å²) in [6.07, 6.45) is 1.51. The van der Waals surface area contributed by atoms with E-state index in [9.17, 15) is 9.59 Å². The maximum Gasteiger partial charge on any atom is 0.408 e. The average molecular weight is 727 g/mol. The number of nitrogens with two attached hydrogens (primary N) is 1. The molecular weight excluding hydrogens is 677 g/mol. The monoisotopic (exact) mass is 726 g/mol. The maximum atomic E-state index is 12.2. The summed E-state index contributed by atoms with van der Waals surface area (Å²) in [5.41, 5.74) is 11.5. The quantitative estimate of drug-likeness (QED) is 0.0680. The van der Waals surface area contributed by atoms with Gasteiger partial charge in [0.25, 0.3) is 0 Å². The van der Waals surface area contributed by atoms with Gasteiger partial charge in [0.15, 0.2) is 16.0 Å². The van der Waals surface area contributed by atoms with E-state index in [1.165, 1.54) is 11.1 Å². The molecule has 4 rings (SSSR count). The summed E-state index contributed by atoms with van der Waals surface area (Å²) in [5.74, 6) is -0.0888. The number of nitrogens with one attached hydrogen (secondary N) is 5. The van der Waals surface area contributed by atoms with Gasteiger partial charge in [0.05, 0.1) is 6.54 Å². The Balaban J connectivity index is 0.000000302. The molecule has 0 fully saturated rings. The summed E-state index contributed by atoms with van der Waals surface area (Å²) in [5, 5.41) is 16.5. The molecule has 1 amide bonds. The van der Waals surface area contributed by atoms with Gasteiger partial charge in [-0.25, -0.2) is 4.79 Å². The third kappa shape index (κ3) is 18.5. The van der Waals surface area contributed by atoms with E-state index in [0.717, 1.165) is 48.3 Å². The normalized spacial score (nSPS) is 10.5. The summed E-state index contributed by atoms with van der Waals surface area (Å²) in [6.45, 7) is 8.10. The molecule has 11 heteroatoms. The van der Waals surface area contributed by atoms with Crippen LogP contribution in [-0.4, -0.2) is 47.3 Å². The third-order valence-electron chi connectivity index (χ3n) is 7.16. The highest BCUT2D eigenvalue weighted by atomic mass is 32.1. The van der Waals surface area contributed by atoms with Crippen LogP contribution in [-0.2, 0) is 41.9 Å². The number of carbonyl (C=O) groups is 2. The Hall–Kier alpha value is -5.00. The Morgan fingerprint density at radius 3 is 1.59 bits per heavy atom. The van der Waals surface area contributed by atoms with Crippen LogP contribution in [0.2, 0.25) is 0 Å². The summed E-state index contributed by atoms with van der Waals surface area (Å²) >= 11 is 10.6. The fourth-order valence-corrected chi connectivity index (χ4v) is 5.10. The predicted octanol–water partition coefficient (Wildman–Crippen LogP) is 6.01. The Labute approximate surface area is 313 Å². The summed E-state index contributed by atoms with van der Waals surface area (Å²) in [4.78, 5) is 23.8. The molecule has 0 heterocycles. The molecular formula is C40H50N6O3S2. The number of Topliss-reactive ketones (excluding diaryl/α,β-unsaturated/α-hetero) is 1. The number of benzene rings is 4. The largest absolute Gasteiger partial charge is 0.444 e. The second-order valence-corrected chi connectivity index (χ2v) is 13.6. The number of rotatable bonds is 14. The minimum absolute atomic E-state index is 0.0627. The molecule has 0 saturated heterocycles. The Morgan fingerprint density at radius 1 is 0.608 bits per heavy atom. The van der Waals surface area contributed by atoms with Crippen molar-refractivity contribution in [3.05, 3.63) is 137 Å². The molecule has 7 N–H and O–H groups in total. The lowest BCUT2D eigenvalue weighted by atomic mass is 10.1. The van der Waals surface area contributed by atoms with Gasteiger partial charge in [-0.1, -0.05) is 97.1 Å². The molecule has 4 aromatic carbocycles. The summed E-state index contributed by atoms with van der Waals surface area (Å²) < 4.78 is 5.14. The molecule has 0 bridgehead atoms. The van der Waals surface area contributed by atoms with Crippen molar-refractivity contribution >= 4 is 52.2 Å². The first-order valence-electron chi connectivity index (χ1n) is 17.0. The number of alkyl carbamates (subject to hydrolysis) is 1. The Morgan fingerprint density at radius 2 is 1.08 bits per heavy atom. The molecule has 0 aliphatic heterocycles. The number of hydrogen-bond acceptors (Lipinski definition) is 6. The van der Waals surface area contributed by atoms with Gasteiger partial charge in [0.2, 0.25) is 0 Å². The zero-order chi connectivity index (χ0) is 36.9. The van der Waals surface area contributed by atoms with Crippen molar-refractivity contribution in [2.45, 2.75) is 58.7 Å². The van der Waals surface area contributed by atoms with Crippen LogP contribution in [0.25, 0.3) is 0 Å². The van der Waals surface area contributed by atoms with Gasteiger partial charge in [-0.05, 0) is 98.0 Å². The highest BCUT2D eigenvalue weighted by Gasteiger charge is 2.16. The third-order valence-corrected chi connectivity index (χ3v) is 7.74. The van der Waals surface area contributed by atoms with E-state index >= 15 is 0 Å². The number of thiocarbonyl (C=S) groups is 2. The zero-order valence-electron chi connectivity index (χ0n) is 29.7. The average Bonchev–Trinajstić information content (AvgIpc) is 3.10. The van der Waals surface area contributed by atoms with Crippen molar-refractivity contribution in [2.75, 3.05) is 25.4 Å². The minimum Gasteiger partial charge on any atom is -0.444 e. The second kappa shape index (κ2) is 22.0. The number of carbonyl (C=O) groups excluding carboxylic acids is 2. The van der Waals surface area contributed by atoms with Crippen molar-refractivity contribution in [3.8, 4) is 0 Å². The first kappa shape index (κ1) is 40.4. The molecule has 9 nitrogen and oxygen atoms in total. The van der Waals surface area contributed by atoms with Crippen LogP contribution in [0.1, 0.15) is 48.6 Å². The molecule has 0 atom stereocenters. The molecule has 0 radical (unpaired) electrons. The van der Waals surface area contributed by atoms with Crippen molar-refractivity contribution in [1.29, 1.82) is 0 Å². The maximum absolute atomic E-state index is 12.2. The zero-order valence-corrected chi connectivity index (χ0v) is 31.3. The molecule has 0 unspecified atom stereocenters. The van der Waals surface area contributed by atoms with Gasteiger partial charge >= 0.3 is 6.09 Å². The molecule has 0 saturated carbocycles. The van der Waals surface area contributed by atoms with Gasteiger partial charge in [0.1, 0.15) is 5.60 Å². The van der Waals surface area contributed by atoms with Gasteiger partial charge < -0.3 is 37.1 Å². The van der Waals surface area contributed by atoms with E-state index in [1.54, 1.807) is 20.8 Å². The van der Waals surface area contributed by atoms with E-state index in [-0.39, 0.29) is 18.7 Å². The van der Waals surface area contributed by atoms with Crippen LogP contribution in [0, 0.1) is 0 Å². The van der Waals surface area contributed by atoms with Crippen molar-refractivity contribution in [3.63, 3.8) is 0 Å². The number of ether oxygens (including phenoxy) is 1. The molecule has 0 aliphatic rings. The first-order valence-corrected chi connectivity index (χ1v) is 17.8. The predicted molar refractivity (Wildman–Crippen MR) is 215 cm³/mol. The minimum atomic E-state index is -0.592. The van der Waals surface area contributed by atoms with Crippen LogP contribution in [0.3, 0.4) is 0 Å². The highest BCUT2D eigenvalue weighted by molar-refractivity contribution is 7.80. The number of amides is 1. The van der Waals surface area contributed by atoms with Crippen molar-refractivity contribution in [2.24, 2.45) is 0 Å². The summed E-state index contributed by atoms with van der Waals surface area (Å²) in [7, 11) is 0. The van der Waals surface area contributed by atoms with Gasteiger partial charge in [0, 0.05) is 38.3 Å². The standard InChI is InChI=1S/C24H31N3O3S.C16H19N3S/c1-24(2,3)30-23(29)27-17-21(28)15-19-10-7-11-20(14-19)16-26-22(31)25-13-12-18-8-5-4-6-9-18;17-15-8-4-7-14(11-15)12-19-16(20)18-10-9-13-5-2-1-3-6-13/h4-11,14H,12-13,15-17H2,1-3H3,(H,27,29)(H2,25,26,31);1-8,11H,9-10,12,17H2,(H2,18,19,20). The Bertz CT molecular complexity index is 1680. The van der Waals surface area contributed by atoms with Crippen molar-refractivity contribution in [1.82, 2.24) is 26.6 Å². The summed E-state index contributed by atoms with van der Waals surface area (Å²) in [6, 6.07) is 36.1. The topological polar surface area (TPSA) is 130 Å². The lowest BCUT2D eigenvalue weighted by molar-refractivity contribution is -0.117. The van der Waals surface area contributed by atoms with Crippen LogP contribution < -0.4 is 32.3 Å². The van der Waals surface area contributed by atoms with Crippen molar-refractivity contribution < 1.29 is 14.3 Å². The van der Waals surface area contributed by atoms with E-state index in [2.05, 4.69) is 50.8 Å². The molecule has 51 heavy (non-hydrogen) atoms. The van der Waals surface area contributed by atoms with Crippen LogP contribution in [0.5, 0.6) is 0 Å². The van der Waals surface area contributed by atoms with E-state index < -0.39 is 11.7 Å². The van der Waals surface area contributed by atoms with Crippen LogP contribution in [0.15, 0.2) is 109 Å². The number of anilines is 1. The molecule has 4 aromatic rings. The van der Waals surface area contributed by atoms with Crippen LogP contribution >= 0.6 is 24.4 Å². The number of ketones is 1. The Kier molecular flexibility index (Phi) is 17.4. The van der Waals surface area contributed by atoms with E-state index in [0.29, 0.717) is 23.3 Å². The lowest BCUT2D eigenvalue weighted by Crippen LogP contribution is -2.36. The number of nitrogen functional groups attached to an aromatic ring is 1. The van der Waals surface area contributed by atoms with Gasteiger partial charge in [-0.3, -0.25) is 4.79 Å². The van der Waals surface area contributed by atoms with E-state index in [1.807, 2.05) is 84.9 Å². The second-order valence-electron chi connectivity index (χ2n) is 12.8. The van der Waals surface area contributed by atoms with E-state index in [4.69, 9.17) is 34.9 Å². The number of hydrogen-bond donors (Lipinski definition) is 6. The highest BCUT2D eigenvalue weighted by Crippen LogP contribution is 2.09. The van der Waals surface area contributed by atoms with Gasteiger partial charge in [-0.2, -0.15) is 0 Å². The molecule has 0 spiro atoms. The molecule has 0 aromatic heterocycles. The SMILES string of the molecule is CC(C)(C)OC(=O)NCC(=O)Cc1cccc(CNC(=S)NCCc2ccccc2)c1.Nc1cccc(CNC(=S)NCCc2ccccc2)c1. The fraction of sp³-hybridized carbons (Fsp3) is 0.300. The molecule has 270 valence electrons.